The predicted molar refractivity (Wildman–Crippen MR) is 67.8 cm³/mol. The highest BCUT2D eigenvalue weighted by atomic mass is 16.2. The molecule has 0 saturated carbocycles. The fourth-order valence-electron chi connectivity index (χ4n) is 2.18. The van der Waals surface area contributed by atoms with Gasteiger partial charge in [-0.15, -0.1) is 0 Å². The molecule has 1 N–H and O–H groups in total. The number of carbonyl (C=O) groups excluding carboxylic acids is 2. The molecule has 4 heteroatoms. The Bertz CT molecular complexity index is 279. The van der Waals surface area contributed by atoms with E-state index in [1.807, 2.05) is 32.6 Å². The molecule has 1 aliphatic heterocycles. The first-order chi connectivity index (χ1) is 7.91. The molecule has 0 bridgehead atoms. The molecule has 0 atom stereocenters. The van der Waals surface area contributed by atoms with Crippen LogP contribution in [0.15, 0.2) is 0 Å². The second-order valence-electron chi connectivity index (χ2n) is 5.42. The van der Waals surface area contributed by atoms with Crippen LogP contribution in [0.4, 0.5) is 4.79 Å². The highest BCUT2D eigenvalue weighted by molar-refractivity contribution is 5.83. The van der Waals surface area contributed by atoms with Crippen LogP contribution in [0.5, 0.6) is 0 Å². The summed E-state index contributed by atoms with van der Waals surface area (Å²) in [6.45, 7) is 9.18. The summed E-state index contributed by atoms with van der Waals surface area (Å²) >= 11 is 0. The van der Waals surface area contributed by atoms with Crippen molar-refractivity contribution in [1.82, 2.24) is 10.2 Å². The van der Waals surface area contributed by atoms with Gasteiger partial charge >= 0.3 is 6.03 Å². The fourth-order valence-corrected chi connectivity index (χ4v) is 2.18. The van der Waals surface area contributed by atoms with Gasteiger partial charge in [-0.1, -0.05) is 13.8 Å². The summed E-state index contributed by atoms with van der Waals surface area (Å²) in [5, 5.41) is 2.88. The molecule has 0 aromatic rings. The van der Waals surface area contributed by atoms with Crippen molar-refractivity contribution in [3.8, 4) is 0 Å². The number of carbonyl (C=O) groups is 2. The fraction of sp³-hybridized carbons (Fsp3) is 0.846. The van der Waals surface area contributed by atoms with E-state index in [1.165, 1.54) is 0 Å². The van der Waals surface area contributed by atoms with Crippen molar-refractivity contribution in [1.29, 1.82) is 0 Å². The maximum Gasteiger partial charge on any atom is 0.317 e. The smallest absolute Gasteiger partial charge is 0.317 e. The summed E-state index contributed by atoms with van der Waals surface area (Å²) in [5.41, 5.74) is 0. The molecule has 0 aromatic heterocycles. The first-order valence-electron chi connectivity index (χ1n) is 6.51. The van der Waals surface area contributed by atoms with E-state index in [1.54, 1.807) is 0 Å². The number of Topliss-reactive ketones (excluding diaryl/α,β-unsaturated/α-hetero) is 1. The molecule has 4 nitrogen and oxygen atoms in total. The highest BCUT2D eigenvalue weighted by Crippen LogP contribution is 2.21. The molecule has 1 aliphatic rings. The number of amides is 2. The van der Waals surface area contributed by atoms with Gasteiger partial charge in [-0.05, 0) is 26.7 Å². The third kappa shape index (κ3) is 4.02. The number of nitrogens with one attached hydrogen (secondary N) is 1. The van der Waals surface area contributed by atoms with Crippen LogP contribution >= 0.6 is 0 Å². The summed E-state index contributed by atoms with van der Waals surface area (Å²) in [7, 11) is 0. The van der Waals surface area contributed by atoms with Crippen LogP contribution < -0.4 is 5.32 Å². The largest absolute Gasteiger partial charge is 0.336 e. The van der Waals surface area contributed by atoms with Gasteiger partial charge in [0.25, 0.3) is 0 Å². The van der Waals surface area contributed by atoms with E-state index in [0.29, 0.717) is 18.9 Å². The standard InChI is InChI=1S/C13H24N2O2/c1-9(2)12(16)11-5-7-15(8-6-11)13(17)14-10(3)4/h9-11H,5-8H2,1-4H3,(H,14,17). The SMILES string of the molecule is CC(C)NC(=O)N1CCC(C(=O)C(C)C)CC1. The lowest BCUT2D eigenvalue weighted by Gasteiger charge is -2.32. The number of hydrogen-bond acceptors (Lipinski definition) is 2. The number of ketones is 1. The van der Waals surface area contributed by atoms with Gasteiger partial charge in [0.05, 0.1) is 0 Å². The maximum absolute atomic E-state index is 11.8. The summed E-state index contributed by atoms with van der Waals surface area (Å²) in [4.78, 5) is 25.4. The predicted octanol–water partition coefficient (Wildman–Crippen LogP) is 2.04. The summed E-state index contributed by atoms with van der Waals surface area (Å²) in [6.07, 6.45) is 1.62. The van der Waals surface area contributed by atoms with Gasteiger partial charge in [-0.25, -0.2) is 4.79 Å². The highest BCUT2D eigenvalue weighted by Gasteiger charge is 2.28. The lowest BCUT2D eigenvalue weighted by Crippen LogP contribution is -2.47. The molecule has 1 fully saturated rings. The van der Waals surface area contributed by atoms with Crippen molar-refractivity contribution in [3.05, 3.63) is 0 Å². The van der Waals surface area contributed by atoms with Crippen LogP contribution in [0.25, 0.3) is 0 Å². The van der Waals surface area contributed by atoms with E-state index in [2.05, 4.69) is 5.32 Å². The average Bonchev–Trinajstić information content (AvgIpc) is 2.27. The van der Waals surface area contributed by atoms with Crippen molar-refractivity contribution in [2.45, 2.75) is 46.6 Å². The van der Waals surface area contributed by atoms with Gasteiger partial charge in [-0.3, -0.25) is 4.79 Å². The molecule has 2 amide bonds. The van der Waals surface area contributed by atoms with E-state index in [0.717, 1.165) is 12.8 Å². The van der Waals surface area contributed by atoms with E-state index in [4.69, 9.17) is 0 Å². The Morgan fingerprint density at radius 1 is 1.12 bits per heavy atom. The minimum atomic E-state index is -0.00422. The van der Waals surface area contributed by atoms with Crippen LogP contribution in [0, 0.1) is 11.8 Å². The number of hydrogen-bond donors (Lipinski definition) is 1. The topological polar surface area (TPSA) is 49.4 Å². The molecule has 0 unspecified atom stereocenters. The van der Waals surface area contributed by atoms with Crippen molar-refractivity contribution in [2.24, 2.45) is 11.8 Å². The Labute approximate surface area is 104 Å². The third-order valence-electron chi connectivity index (χ3n) is 3.17. The molecule has 0 radical (unpaired) electrons. The molecule has 98 valence electrons. The first-order valence-corrected chi connectivity index (χ1v) is 6.51. The number of nitrogens with zero attached hydrogens (tertiary/aromatic N) is 1. The normalized spacial score (nSPS) is 17.6. The van der Waals surface area contributed by atoms with Crippen molar-refractivity contribution in [3.63, 3.8) is 0 Å². The molecule has 0 aromatic carbocycles. The van der Waals surface area contributed by atoms with Gasteiger partial charge in [0, 0.05) is 31.0 Å². The van der Waals surface area contributed by atoms with Gasteiger partial charge < -0.3 is 10.2 Å². The molecule has 1 rings (SSSR count). The van der Waals surface area contributed by atoms with Crippen LogP contribution in [0.2, 0.25) is 0 Å². The Morgan fingerprint density at radius 3 is 2.06 bits per heavy atom. The lowest BCUT2D eigenvalue weighted by molar-refractivity contribution is -0.127. The monoisotopic (exact) mass is 240 g/mol. The second-order valence-corrected chi connectivity index (χ2v) is 5.42. The second kappa shape index (κ2) is 6.03. The van der Waals surface area contributed by atoms with E-state index < -0.39 is 0 Å². The van der Waals surface area contributed by atoms with Crippen molar-refractivity contribution < 1.29 is 9.59 Å². The molecule has 1 heterocycles. The lowest BCUT2D eigenvalue weighted by atomic mass is 9.87. The summed E-state index contributed by atoms with van der Waals surface area (Å²) in [5.74, 6) is 0.600. The zero-order valence-corrected chi connectivity index (χ0v) is 11.3. The van der Waals surface area contributed by atoms with Crippen molar-refractivity contribution in [2.75, 3.05) is 13.1 Å². The number of urea groups is 1. The minimum absolute atomic E-state index is 0.00422. The van der Waals surface area contributed by atoms with Gasteiger partial charge in [0.2, 0.25) is 0 Å². The van der Waals surface area contributed by atoms with E-state index >= 15 is 0 Å². The van der Waals surface area contributed by atoms with Crippen LogP contribution in [-0.4, -0.2) is 35.8 Å². The van der Waals surface area contributed by atoms with Gasteiger partial charge in [0.15, 0.2) is 0 Å². The Hall–Kier alpha value is -1.06. The zero-order chi connectivity index (χ0) is 13.0. The maximum atomic E-state index is 11.8. The van der Waals surface area contributed by atoms with Crippen LogP contribution in [-0.2, 0) is 4.79 Å². The van der Waals surface area contributed by atoms with E-state index in [9.17, 15) is 9.59 Å². The average molecular weight is 240 g/mol. The molecule has 0 spiro atoms. The van der Waals surface area contributed by atoms with Gasteiger partial charge in [0.1, 0.15) is 5.78 Å². The number of rotatable bonds is 3. The van der Waals surface area contributed by atoms with E-state index in [-0.39, 0.29) is 23.9 Å². The third-order valence-corrected chi connectivity index (χ3v) is 3.17. The summed E-state index contributed by atoms with van der Waals surface area (Å²) in [6, 6.07) is 0.160. The Kier molecular flexibility index (Phi) is 4.97. The van der Waals surface area contributed by atoms with Crippen molar-refractivity contribution >= 4 is 11.8 Å². The molecular formula is C13H24N2O2. The molecule has 1 saturated heterocycles. The first kappa shape index (κ1) is 14.0. The quantitative estimate of drug-likeness (QED) is 0.820. The van der Waals surface area contributed by atoms with Crippen LogP contribution in [0.1, 0.15) is 40.5 Å². The zero-order valence-electron chi connectivity index (χ0n) is 11.3. The number of piperidine rings is 1. The minimum Gasteiger partial charge on any atom is -0.336 e. The van der Waals surface area contributed by atoms with Crippen LogP contribution in [0.3, 0.4) is 0 Å². The number of likely N-dealkylation sites (tertiary alicyclic amines) is 1. The Balaban J connectivity index is 2.40. The molecule has 0 aliphatic carbocycles. The Morgan fingerprint density at radius 2 is 1.65 bits per heavy atom. The summed E-state index contributed by atoms with van der Waals surface area (Å²) < 4.78 is 0. The van der Waals surface area contributed by atoms with Gasteiger partial charge in [-0.2, -0.15) is 0 Å². The molecular weight excluding hydrogens is 216 g/mol. The molecule has 17 heavy (non-hydrogen) atoms.